The molecule has 0 aliphatic heterocycles. The van der Waals surface area contributed by atoms with Crippen molar-refractivity contribution in [2.75, 3.05) is 7.11 Å². The number of esters is 1. The highest BCUT2D eigenvalue weighted by atomic mass is 32.2. The van der Waals surface area contributed by atoms with E-state index in [2.05, 4.69) is 35.9 Å². The number of para-hydroxylation sites is 1. The highest BCUT2D eigenvalue weighted by Gasteiger charge is 2.57. The number of hydrogen-bond donors (Lipinski definition) is 2. The van der Waals surface area contributed by atoms with Gasteiger partial charge in [0.25, 0.3) is 10.2 Å². The zero-order valence-corrected chi connectivity index (χ0v) is 27.1. The Labute approximate surface area is 267 Å². The van der Waals surface area contributed by atoms with E-state index < -0.39 is 15.6 Å². The van der Waals surface area contributed by atoms with E-state index in [1.807, 2.05) is 42.5 Å². The first-order valence-corrected chi connectivity index (χ1v) is 17.4. The summed E-state index contributed by atoms with van der Waals surface area (Å²) in [6, 6.07) is 25.3. The number of rotatable bonds is 14. The zero-order chi connectivity index (χ0) is 32.0. The predicted octanol–water partition coefficient (Wildman–Crippen LogP) is 7.45. The number of unbranched alkanes of at least 4 members (excludes halogenated alkanes) is 3. The Balaban J connectivity index is 1.53. The molecule has 8 heteroatoms. The maximum absolute atomic E-state index is 12.3. The number of fused-ring (bicyclic) bond motifs is 1. The lowest BCUT2D eigenvalue weighted by Gasteiger charge is -2.38. The van der Waals surface area contributed by atoms with E-state index in [1.54, 1.807) is 12.1 Å². The van der Waals surface area contributed by atoms with Crippen LogP contribution in [0.2, 0.25) is 0 Å². The molecule has 0 aromatic heterocycles. The Kier molecular flexibility index (Phi) is 10.3. The van der Waals surface area contributed by atoms with Crippen molar-refractivity contribution in [1.29, 1.82) is 0 Å². The van der Waals surface area contributed by atoms with Gasteiger partial charge in [-0.3, -0.25) is 0 Å². The number of carbonyl (C=O) groups is 1. The van der Waals surface area contributed by atoms with Crippen molar-refractivity contribution < 1.29 is 22.7 Å². The third kappa shape index (κ3) is 7.08. The summed E-state index contributed by atoms with van der Waals surface area (Å²) < 4.78 is 38.7. The molecular weight excluding hydrogens is 584 g/mol. The number of nitrogens with one attached hydrogen (secondary N) is 1. The Morgan fingerprint density at radius 3 is 2.40 bits per heavy atom. The van der Waals surface area contributed by atoms with E-state index in [9.17, 15) is 13.2 Å². The first-order valence-electron chi connectivity index (χ1n) is 15.8. The van der Waals surface area contributed by atoms with Crippen LogP contribution < -0.4 is 14.6 Å². The number of hydrogen-bond acceptors (Lipinski definition) is 5. The molecule has 2 aliphatic rings. The lowest BCUT2D eigenvalue weighted by Crippen LogP contribution is -2.43. The summed E-state index contributed by atoms with van der Waals surface area (Å²) in [5, 5.41) is 5.55. The van der Waals surface area contributed by atoms with E-state index in [0.29, 0.717) is 24.3 Å². The van der Waals surface area contributed by atoms with Gasteiger partial charge in [-0.1, -0.05) is 99.0 Å². The lowest BCUT2D eigenvalue weighted by atomic mass is 9.66. The van der Waals surface area contributed by atoms with Gasteiger partial charge in [0.05, 0.1) is 12.7 Å². The summed E-state index contributed by atoms with van der Waals surface area (Å²) in [6.07, 6.45) is 7.79. The fourth-order valence-electron chi connectivity index (χ4n) is 7.46. The molecule has 0 heterocycles. The summed E-state index contributed by atoms with van der Waals surface area (Å²) in [6.45, 7) is 7.30. The molecule has 1 fully saturated rings. The summed E-state index contributed by atoms with van der Waals surface area (Å²) in [5.74, 6) is 0.297. The van der Waals surface area contributed by atoms with Gasteiger partial charge in [-0.15, -0.1) is 0 Å². The molecule has 3 aromatic carbocycles. The summed E-state index contributed by atoms with van der Waals surface area (Å²) in [5.41, 5.74) is 6.57. The average Bonchev–Trinajstić information content (AvgIpc) is 3.56. The molecular formula is C37H44N2O5S. The Hall–Kier alpha value is -3.72. The monoisotopic (exact) mass is 628 g/mol. The van der Waals surface area contributed by atoms with Gasteiger partial charge in [0, 0.05) is 17.0 Å². The largest absolute Gasteiger partial charge is 0.488 e. The van der Waals surface area contributed by atoms with Crippen molar-refractivity contribution in [2.24, 2.45) is 16.5 Å². The highest BCUT2D eigenvalue weighted by Crippen LogP contribution is 2.66. The third-order valence-electron chi connectivity index (χ3n) is 9.46. The molecule has 0 amide bonds. The van der Waals surface area contributed by atoms with Gasteiger partial charge in [0.15, 0.2) is 0 Å². The van der Waals surface area contributed by atoms with Crippen molar-refractivity contribution in [3.63, 3.8) is 0 Å². The topological polar surface area (TPSA) is 108 Å². The van der Waals surface area contributed by atoms with E-state index in [4.69, 9.17) is 21.2 Å². The highest BCUT2D eigenvalue weighted by molar-refractivity contribution is 7.87. The molecule has 3 atom stereocenters. The second kappa shape index (κ2) is 14.1. The van der Waals surface area contributed by atoms with Crippen molar-refractivity contribution >= 4 is 27.3 Å². The number of ether oxygens (including phenoxy) is 2. The van der Waals surface area contributed by atoms with Crippen molar-refractivity contribution in [3.05, 3.63) is 113 Å². The second-order valence-electron chi connectivity index (χ2n) is 12.2. The first kappa shape index (κ1) is 32.7. The maximum atomic E-state index is 12.3. The standard InChI is InChI=1S/C37H44N2O5S/c1-4-5-6-8-15-30-24-32-33(39-45(38,41)42)22-23-37(32,35(30)28-13-9-7-10-14-28)26(2)31-16-11-12-17-34(31)44-25-27-18-20-29(21-19-27)36(40)43-3/h7,9-14,16-21,32-33,39H,2,4-6,8,15,22-25H2,1,3H3,(H2,38,41,42). The molecule has 3 aromatic rings. The maximum Gasteiger partial charge on any atom is 0.337 e. The van der Waals surface area contributed by atoms with Crippen LogP contribution in [-0.4, -0.2) is 27.5 Å². The molecule has 45 heavy (non-hydrogen) atoms. The van der Waals surface area contributed by atoms with E-state index in [-0.39, 0.29) is 17.9 Å². The molecule has 0 spiro atoms. The van der Waals surface area contributed by atoms with Gasteiger partial charge in [0.1, 0.15) is 12.4 Å². The molecule has 3 N–H and O–H groups in total. The van der Waals surface area contributed by atoms with Gasteiger partial charge in [0.2, 0.25) is 0 Å². The number of benzene rings is 3. The SMILES string of the molecule is C=C(c1ccccc1OCc1ccc(C(=O)OC)cc1)C12CCC(NS(N)(=O)=O)C1CC(CCCCCC)=C2c1ccccc1. The van der Waals surface area contributed by atoms with Gasteiger partial charge < -0.3 is 9.47 Å². The van der Waals surface area contributed by atoms with Gasteiger partial charge >= 0.3 is 5.97 Å². The van der Waals surface area contributed by atoms with Crippen LogP contribution in [0.4, 0.5) is 0 Å². The average molecular weight is 629 g/mol. The molecule has 1 saturated carbocycles. The summed E-state index contributed by atoms with van der Waals surface area (Å²) in [4.78, 5) is 11.9. The van der Waals surface area contributed by atoms with E-state index >= 15 is 0 Å². The number of nitrogens with two attached hydrogens (primary N) is 1. The van der Waals surface area contributed by atoms with Crippen LogP contribution in [0, 0.1) is 11.3 Å². The van der Waals surface area contributed by atoms with Crippen molar-refractivity contribution in [2.45, 2.75) is 70.9 Å². The molecule has 5 rings (SSSR count). The van der Waals surface area contributed by atoms with Crippen LogP contribution in [-0.2, 0) is 21.6 Å². The molecule has 0 bridgehead atoms. The number of allylic oxidation sites excluding steroid dienone is 3. The summed E-state index contributed by atoms with van der Waals surface area (Å²) >= 11 is 0. The normalized spacial score (nSPS) is 21.0. The second-order valence-corrected chi connectivity index (χ2v) is 13.5. The molecule has 0 radical (unpaired) electrons. The minimum atomic E-state index is -3.90. The lowest BCUT2D eigenvalue weighted by molar-refractivity contribution is 0.0600. The fraction of sp³-hybridized carbons (Fsp3) is 0.378. The molecule has 3 unspecified atom stereocenters. The predicted molar refractivity (Wildman–Crippen MR) is 180 cm³/mol. The molecule has 0 saturated heterocycles. The number of carbonyl (C=O) groups excluding carboxylic acids is 1. The fourth-order valence-corrected chi connectivity index (χ4v) is 8.16. The Morgan fingerprint density at radius 2 is 1.71 bits per heavy atom. The van der Waals surface area contributed by atoms with E-state index in [0.717, 1.165) is 54.4 Å². The smallest absolute Gasteiger partial charge is 0.337 e. The van der Waals surface area contributed by atoms with Crippen LogP contribution in [0.3, 0.4) is 0 Å². The Bertz CT molecular complexity index is 1650. The first-order chi connectivity index (χ1) is 21.7. The van der Waals surface area contributed by atoms with E-state index in [1.165, 1.54) is 31.1 Å². The van der Waals surface area contributed by atoms with Gasteiger partial charge in [-0.25, -0.2) is 9.93 Å². The summed E-state index contributed by atoms with van der Waals surface area (Å²) in [7, 11) is -2.53. The quantitative estimate of drug-likeness (QED) is 0.142. The zero-order valence-electron chi connectivity index (χ0n) is 26.3. The molecule has 7 nitrogen and oxygen atoms in total. The van der Waals surface area contributed by atoms with Crippen molar-refractivity contribution in [1.82, 2.24) is 4.72 Å². The van der Waals surface area contributed by atoms with Gasteiger partial charge in [-0.05, 0) is 78.5 Å². The van der Waals surface area contributed by atoms with Crippen LogP contribution in [0.25, 0.3) is 11.1 Å². The Morgan fingerprint density at radius 1 is 1.00 bits per heavy atom. The number of methoxy groups -OCH3 is 1. The molecule has 2 aliphatic carbocycles. The minimum absolute atomic E-state index is 0.0290. The van der Waals surface area contributed by atoms with Crippen LogP contribution in [0.1, 0.15) is 85.3 Å². The third-order valence-corrected chi connectivity index (χ3v) is 10.1. The van der Waals surface area contributed by atoms with Crippen LogP contribution in [0.5, 0.6) is 5.75 Å². The molecule has 238 valence electrons. The minimum Gasteiger partial charge on any atom is -0.488 e. The van der Waals surface area contributed by atoms with Crippen molar-refractivity contribution in [3.8, 4) is 5.75 Å². The van der Waals surface area contributed by atoms with Crippen LogP contribution >= 0.6 is 0 Å². The van der Waals surface area contributed by atoms with Crippen LogP contribution in [0.15, 0.2) is 91.0 Å². The van der Waals surface area contributed by atoms with Gasteiger partial charge in [-0.2, -0.15) is 13.1 Å².